The zero-order valence-corrected chi connectivity index (χ0v) is 8.43. The number of hydrogen-bond acceptors (Lipinski definition) is 4. The van der Waals surface area contributed by atoms with E-state index in [9.17, 15) is 9.59 Å². The number of unbranched alkanes of at least 4 members (excludes halogenated alkanes) is 1. The molecule has 0 radical (unpaired) electrons. The Hall–Kier alpha value is -0.710. The zero-order chi connectivity index (χ0) is 10.1. The summed E-state index contributed by atoms with van der Waals surface area (Å²) in [5.74, 6) is -0.617. The largest absolute Gasteiger partial charge is 0.481 e. The molecule has 76 valence electrons. The van der Waals surface area contributed by atoms with Crippen LogP contribution >= 0.6 is 11.8 Å². The lowest BCUT2D eigenvalue weighted by Gasteiger charge is -2.01. The minimum Gasteiger partial charge on any atom is -0.481 e. The summed E-state index contributed by atoms with van der Waals surface area (Å²) < 4.78 is 4.80. The molecular weight excluding hydrogens is 192 g/mol. The van der Waals surface area contributed by atoms with E-state index in [0.717, 1.165) is 24.6 Å². The number of ether oxygens (including phenoxy) is 1. The molecule has 0 aromatic heterocycles. The highest BCUT2D eigenvalue weighted by Gasteiger charge is 2.04. The van der Waals surface area contributed by atoms with Gasteiger partial charge in [-0.1, -0.05) is 13.3 Å². The summed E-state index contributed by atoms with van der Waals surface area (Å²) in [6.45, 7) is 2.43. The van der Waals surface area contributed by atoms with E-state index in [-0.39, 0.29) is 17.5 Å². The lowest BCUT2D eigenvalue weighted by molar-refractivity contribution is -0.136. The summed E-state index contributed by atoms with van der Waals surface area (Å²) in [6, 6.07) is 0. The first-order valence-corrected chi connectivity index (χ1v) is 5.16. The maximum Gasteiger partial charge on any atom is 0.367 e. The predicted molar refractivity (Wildman–Crippen MR) is 51.0 cm³/mol. The number of thioether (sulfide) groups is 1. The molecule has 0 rings (SSSR count). The second-order valence-corrected chi connectivity index (χ2v) is 3.47. The molecule has 0 aromatic carbocycles. The van der Waals surface area contributed by atoms with Crippen LogP contribution in [0.4, 0.5) is 4.79 Å². The van der Waals surface area contributed by atoms with Crippen molar-refractivity contribution in [2.45, 2.75) is 26.2 Å². The Balaban J connectivity index is 3.25. The lowest BCUT2D eigenvalue weighted by atomic mass is 10.4. The fourth-order valence-electron chi connectivity index (χ4n) is 0.563. The van der Waals surface area contributed by atoms with Crippen molar-refractivity contribution in [1.82, 2.24) is 0 Å². The van der Waals surface area contributed by atoms with Gasteiger partial charge in [0.25, 0.3) is 0 Å². The van der Waals surface area contributed by atoms with Gasteiger partial charge in [0.15, 0.2) is 0 Å². The van der Waals surface area contributed by atoms with Crippen LogP contribution in [0.15, 0.2) is 0 Å². The van der Waals surface area contributed by atoms with Gasteiger partial charge in [-0.25, -0.2) is 4.79 Å². The summed E-state index contributed by atoms with van der Waals surface area (Å²) in [6.07, 6.45) is 1.83. The van der Waals surface area contributed by atoms with Crippen LogP contribution in [0.2, 0.25) is 0 Å². The quantitative estimate of drug-likeness (QED) is 0.532. The molecule has 0 saturated heterocycles. The Morgan fingerprint density at radius 3 is 2.69 bits per heavy atom. The van der Waals surface area contributed by atoms with Gasteiger partial charge >= 0.3 is 11.3 Å². The van der Waals surface area contributed by atoms with Gasteiger partial charge in [0.1, 0.15) is 0 Å². The summed E-state index contributed by atoms with van der Waals surface area (Å²) in [7, 11) is 0. The molecule has 0 spiro atoms. The van der Waals surface area contributed by atoms with Gasteiger partial charge in [0.2, 0.25) is 0 Å². The topological polar surface area (TPSA) is 63.6 Å². The van der Waals surface area contributed by atoms with Crippen LogP contribution in [0.3, 0.4) is 0 Å². The van der Waals surface area contributed by atoms with Crippen LogP contribution in [0, 0.1) is 0 Å². The van der Waals surface area contributed by atoms with E-state index in [1.807, 2.05) is 6.92 Å². The zero-order valence-electron chi connectivity index (χ0n) is 7.62. The highest BCUT2D eigenvalue weighted by molar-refractivity contribution is 8.13. The standard InChI is InChI=1S/C8H14O4S/c1-2-3-5-12-8(11)13-6-4-7(9)10/h2-6H2,1H3,(H,9,10). The normalized spacial score (nSPS) is 9.62. The first-order valence-electron chi connectivity index (χ1n) is 4.18. The number of hydrogen-bond donors (Lipinski definition) is 1. The van der Waals surface area contributed by atoms with Crippen molar-refractivity contribution >= 4 is 23.0 Å². The first-order chi connectivity index (χ1) is 6.16. The number of carbonyl (C=O) groups is 2. The number of carbonyl (C=O) groups excluding carboxylic acids is 1. The van der Waals surface area contributed by atoms with E-state index in [1.54, 1.807) is 0 Å². The lowest BCUT2D eigenvalue weighted by Crippen LogP contribution is -2.02. The molecule has 0 saturated carbocycles. The predicted octanol–water partition coefficient (Wildman–Crippen LogP) is 2.13. The second kappa shape index (κ2) is 7.91. The summed E-state index contributed by atoms with van der Waals surface area (Å²) in [5, 5.41) is 7.90. The molecule has 5 heteroatoms. The third-order valence-corrected chi connectivity index (χ3v) is 2.02. The van der Waals surface area contributed by atoms with Crippen LogP contribution in [-0.4, -0.2) is 28.7 Å². The van der Waals surface area contributed by atoms with Gasteiger partial charge in [-0.15, -0.1) is 0 Å². The van der Waals surface area contributed by atoms with Crippen molar-refractivity contribution < 1.29 is 19.4 Å². The van der Waals surface area contributed by atoms with Crippen molar-refractivity contribution in [3.63, 3.8) is 0 Å². The average Bonchev–Trinajstić information content (AvgIpc) is 2.04. The third kappa shape index (κ3) is 9.20. The van der Waals surface area contributed by atoms with E-state index in [4.69, 9.17) is 9.84 Å². The summed E-state index contributed by atoms with van der Waals surface area (Å²) >= 11 is 0.913. The molecular formula is C8H14O4S. The molecule has 0 heterocycles. The average molecular weight is 206 g/mol. The molecule has 1 N–H and O–H groups in total. The SMILES string of the molecule is CCCCOC(=O)SCCC(=O)O. The fourth-order valence-corrected chi connectivity index (χ4v) is 1.17. The number of rotatable bonds is 6. The van der Waals surface area contributed by atoms with Crippen LogP contribution in [-0.2, 0) is 9.53 Å². The summed E-state index contributed by atoms with van der Waals surface area (Å²) in [4.78, 5) is 20.9. The van der Waals surface area contributed by atoms with Crippen LogP contribution < -0.4 is 0 Å². The molecule has 0 atom stereocenters. The smallest absolute Gasteiger partial charge is 0.367 e. The molecule has 0 aliphatic heterocycles. The van der Waals surface area contributed by atoms with E-state index in [0.29, 0.717) is 6.61 Å². The third-order valence-electron chi connectivity index (χ3n) is 1.25. The van der Waals surface area contributed by atoms with Crippen molar-refractivity contribution in [3.8, 4) is 0 Å². The van der Waals surface area contributed by atoms with Crippen LogP contribution in [0.1, 0.15) is 26.2 Å². The Morgan fingerprint density at radius 1 is 1.46 bits per heavy atom. The monoisotopic (exact) mass is 206 g/mol. The maximum absolute atomic E-state index is 10.8. The number of aliphatic carboxylic acids is 1. The van der Waals surface area contributed by atoms with Gasteiger partial charge in [-0.05, 0) is 18.2 Å². The fraction of sp³-hybridized carbons (Fsp3) is 0.750. The maximum atomic E-state index is 10.8. The molecule has 0 fully saturated rings. The Bertz CT molecular complexity index is 170. The molecule has 0 aromatic rings. The van der Waals surface area contributed by atoms with Gasteiger partial charge in [0.05, 0.1) is 13.0 Å². The molecule has 0 amide bonds. The van der Waals surface area contributed by atoms with E-state index in [1.165, 1.54) is 0 Å². The minimum absolute atomic E-state index is 0.00640. The van der Waals surface area contributed by atoms with E-state index < -0.39 is 5.97 Å². The second-order valence-electron chi connectivity index (χ2n) is 2.44. The Kier molecular flexibility index (Phi) is 7.48. The van der Waals surface area contributed by atoms with E-state index >= 15 is 0 Å². The highest BCUT2D eigenvalue weighted by atomic mass is 32.2. The Morgan fingerprint density at radius 2 is 2.15 bits per heavy atom. The van der Waals surface area contributed by atoms with Gasteiger partial charge in [0, 0.05) is 5.75 Å². The Labute approximate surface area is 81.6 Å². The molecule has 0 aliphatic carbocycles. The van der Waals surface area contributed by atoms with E-state index in [2.05, 4.69) is 0 Å². The van der Waals surface area contributed by atoms with Crippen LogP contribution in [0.25, 0.3) is 0 Å². The molecule has 0 bridgehead atoms. The molecule has 4 nitrogen and oxygen atoms in total. The first kappa shape index (κ1) is 12.3. The van der Waals surface area contributed by atoms with Crippen molar-refractivity contribution in [1.29, 1.82) is 0 Å². The van der Waals surface area contributed by atoms with Gasteiger partial charge in [-0.3, -0.25) is 4.79 Å². The molecule has 0 aliphatic rings. The number of carboxylic acid groups (broad SMARTS) is 1. The van der Waals surface area contributed by atoms with Gasteiger partial charge < -0.3 is 9.84 Å². The summed E-state index contributed by atoms with van der Waals surface area (Å²) in [5.41, 5.74) is 0. The van der Waals surface area contributed by atoms with Crippen LogP contribution in [0.5, 0.6) is 0 Å². The molecule has 0 unspecified atom stereocenters. The molecule has 13 heavy (non-hydrogen) atoms. The minimum atomic E-state index is -0.895. The van der Waals surface area contributed by atoms with Crippen molar-refractivity contribution in [2.75, 3.05) is 12.4 Å². The van der Waals surface area contributed by atoms with Crippen molar-refractivity contribution in [2.24, 2.45) is 0 Å². The highest BCUT2D eigenvalue weighted by Crippen LogP contribution is 2.07. The van der Waals surface area contributed by atoms with Gasteiger partial charge in [-0.2, -0.15) is 0 Å². The van der Waals surface area contributed by atoms with Crippen molar-refractivity contribution in [3.05, 3.63) is 0 Å². The number of carboxylic acids is 1.